The molecule has 1 fully saturated rings. The first kappa shape index (κ1) is 21.1. The van der Waals surface area contributed by atoms with E-state index in [2.05, 4.69) is 14.7 Å². The number of hydrogen-bond donors (Lipinski definition) is 1. The summed E-state index contributed by atoms with van der Waals surface area (Å²) >= 11 is 0. The van der Waals surface area contributed by atoms with Crippen LogP contribution < -0.4 is 4.74 Å². The molecule has 0 atom stereocenters. The number of pyridine rings is 1. The molecule has 1 N–H and O–H groups in total. The highest BCUT2D eigenvalue weighted by Gasteiger charge is 2.33. The molecule has 3 aromatic rings. The van der Waals surface area contributed by atoms with Gasteiger partial charge in [-0.15, -0.1) is 13.2 Å². The first-order valence-corrected chi connectivity index (χ1v) is 10.7. The zero-order chi connectivity index (χ0) is 22.2. The fraction of sp³-hybridized carbons (Fsp3) is 0.263. The SMILES string of the molecule is O=C(c1ccc(OC(F)(F)F)cc1)N1CCN(S(=O)(=O)c2c[nH]c3ncccc23)CC1. The van der Waals surface area contributed by atoms with E-state index in [0.717, 1.165) is 12.1 Å². The van der Waals surface area contributed by atoms with E-state index in [-0.39, 0.29) is 36.6 Å². The summed E-state index contributed by atoms with van der Waals surface area (Å²) in [6.07, 6.45) is -1.86. The Morgan fingerprint density at radius 3 is 2.39 bits per heavy atom. The van der Waals surface area contributed by atoms with Crippen molar-refractivity contribution >= 4 is 27.0 Å². The Morgan fingerprint density at radius 1 is 1.06 bits per heavy atom. The fourth-order valence-corrected chi connectivity index (χ4v) is 4.97. The summed E-state index contributed by atoms with van der Waals surface area (Å²) in [6.45, 7) is 0.492. The highest BCUT2D eigenvalue weighted by molar-refractivity contribution is 7.89. The van der Waals surface area contributed by atoms with E-state index in [1.807, 2.05) is 0 Å². The molecule has 0 saturated carbocycles. The van der Waals surface area contributed by atoms with Crippen LogP contribution in [0.25, 0.3) is 11.0 Å². The van der Waals surface area contributed by atoms with E-state index in [4.69, 9.17) is 0 Å². The Kier molecular flexibility index (Phi) is 5.35. The molecule has 3 heterocycles. The van der Waals surface area contributed by atoms with Gasteiger partial charge in [0.15, 0.2) is 0 Å². The van der Waals surface area contributed by atoms with Crippen LogP contribution in [0.15, 0.2) is 53.7 Å². The maximum Gasteiger partial charge on any atom is 0.573 e. The standard InChI is InChI=1S/C19H17F3N4O4S/c20-19(21,22)30-14-5-3-13(4-6-14)18(27)25-8-10-26(11-9-25)31(28,29)16-12-24-17-15(16)2-1-7-23-17/h1-7,12H,8-11H2,(H,23,24). The van der Waals surface area contributed by atoms with Gasteiger partial charge < -0.3 is 14.6 Å². The lowest BCUT2D eigenvalue weighted by molar-refractivity contribution is -0.274. The summed E-state index contributed by atoms with van der Waals surface area (Å²) < 4.78 is 67.9. The monoisotopic (exact) mass is 454 g/mol. The van der Waals surface area contributed by atoms with Crippen molar-refractivity contribution in [2.24, 2.45) is 0 Å². The molecule has 31 heavy (non-hydrogen) atoms. The number of carbonyl (C=O) groups is 1. The van der Waals surface area contributed by atoms with Crippen LogP contribution in [0, 0.1) is 0 Å². The zero-order valence-corrected chi connectivity index (χ0v) is 16.8. The maximum absolute atomic E-state index is 13.0. The van der Waals surface area contributed by atoms with Crippen LogP contribution in [-0.2, 0) is 10.0 Å². The summed E-state index contributed by atoms with van der Waals surface area (Å²) in [6, 6.07) is 7.92. The average molecular weight is 454 g/mol. The number of aromatic amines is 1. The highest BCUT2D eigenvalue weighted by atomic mass is 32.2. The van der Waals surface area contributed by atoms with Gasteiger partial charge in [-0.2, -0.15) is 4.31 Å². The molecule has 1 aromatic carbocycles. The number of piperazine rings is 1. The lowest BCUT2D eigenvalue weighted by Gasteiger charge is -2.34. The van der Waals surface area contributed by atoms with Gasteiger partial charge in [0.1, 0.15) is 16.3 Å². The van der Waals surface area contributed by atoms with Gasteiger partial charge in [0.2, 0.25) is 10.0 Å². The van der Waals surface area contributed by atoms with Gasteiger partial charge in [-0.3, -0.25) is 4.79 Å². The lowest BCUT2D eigenvalue weighted by atomic mass is 10.2. The van der Waals surface area contributed by atoms with Gasteiger partial charge >= 0.3 is 6.36 Å². The second-order valence-corrected chi connectivity index (χ2v) is 8.73. The van der Waals surface area contributed by atoms with Crippen molar-refractivity contribution in [1.29, 1.82) is 0 Å². The van der Waals surface area contributed by atoms with Crippen LogP contribution in [0.5, 0.6) is 5.75 Å². The summed E-state index contributed by atoms with van der Waals surface area (Å²) in [5.74, 6) is -0.819. The number of H-pyrrole nitrogens is 1. The van der Waals surface area contributed by atoms with Gasteiger partial charge in [-0.1, -0.05) is 0 Å². The molecule has 1 saturated heterocycles. The number of benzene rings is 1. The Hall–Kier alpha value is -3.12. The minimum atomic E-state index is -4.81. The lowest BCUT2D eigenvalue weighted by Crippen LogP contribution is -2.50. The van der Waals surface area contributed by atoms with Crippen molar-refractivity contribution in [1.82, 2.24) is 19.2 Å². The smallest absolute Gasteiger partial charge is 0.406 e. The Labute approximate surface area is 175 Å². The number of aromatic nitrogens is 2. The van der Waals surface area contributed by atoms with Crippen molar-refractivity contribution in [3.63, 3.8) is 0 Å². The van der Waals surface area contributed by atoms with Crippen molar-refractivity contribution in [2.75, 3.05) is 26.2 Å². The Morgan fingerprint density at radius 2 is 1.74 bits per heavy atom. The van der Waals surface area contributed by atoms with E-state index in [1.54, 1.807) is 18.3 Å². The number of halogens is 3. The molecule has 0 aliphatic carbocycles. The van der Waals surface area contributed by atoms with E-state index in [0.29, 0.717) is 11.0 Å². The molecule has 1 aliphatic rings. The van der Waals surface area contributed by atoms with E-state index < -0.39 is 28.0 Å². The molecule has 1 aliphatic heterocycles. The molecule has 2 aromatic heterocycles. The Bertz CT molecular complexity index is 1200. The highest BCUT2D eigenvalue weighted by Crippen LogP contribution is 2.26. The number of ether oxygens (including phenoxy) is 1. The molecule has 4 rings (SSSR count). The molecular weight excluding hydrogens is 437 g/mol. The van der Waals surface area contributed by atoms with Crippen molar-refractivity contribution in [2.45, 2.75) is 11.3 Å². The number of fused-ring (bicyclic) bond motifs is 1. The molecule has 0 radical (unpaired) electrons. The van der Waals surface area contributed by atoms with Crippen LogP contribution in [0.3, 0.4) is 0 Å². The predicted molar refractivity (Wildman–Crippen MR) is 104 cm³/mol. The molecule has 164 valence electrons. The quantitative estimate of drug-likeness (QED) is 0.654. The molecule has 1 amide bonds. The number of sulfonamides is 1. The second kappa shape index (κ2) is 7.85. The van der Waals surface area contributed by atoms with E-state index >= 15 is 0 Å². The average Bonchev–Trinajstić information content (AvgIpc) is 3.18. The molecule has 12 heteroatoms. The third-order valence-electron chi connectivity index (χ3n) is 4.89. The van der Waals surface area contributed by atoms with Crippen molar-refractivity contribution < 1.29 is 31.1 Å². The van der Waals surface area contributed by atoms with E-state index in [1.165, 1.54) is 27.5 Å². The zero-order valence-electron chi connectivity index (χ0n) is 16.0. The summed E-state index contributed by atoms with van der Waals surface area (Å²) in [5, 5.41) is 0.488. The molecular formula is C19H17F3N4O4S. The number of alkyl halides is 3. The largest absolute Gasteiger partial charge is 0.573 e. The minimum absolute atomic E-state index is 0.0935. The van der Waals surface area contributed by atoms with Crippen molar-refractivity contribution in [3.05, 3.63) is 54.4 Å². The number of hydrogen-bond acceptors (Lipinski definition) is 5. The molecule has 0 unspecified atom stereocenters. The number of nitrogens with zero attached hydrogens (tertiary/aromatic N) is 3. The first-order chi connectivity index (χ1) is 14.6. The van der Waals surface area contributed by atoms with Crippen molar-refractivity contribution in [3.8, 4) is 5.75 Å². The molecule has 8 nitrogen and oxygen atoms in total. The van der Waals surface area contributed by atoms with Gasteiger partial charge in [-0.05, 0) is 36.4 Å². The third kappa shape index (κ3) is 4.35. The van der Waals surface area contributed by atoms with Gasteiger partial charge in [0.25, 0.3) is 5.91 Å². The second-order valence-electron chi connectivity index (χ2n) is 6.82. The predicted octanol–water partition coefficient (Wildman–Crippen LogP) is 2.61. The minimum Gasteiger partial charge on any atom is -0.406 e. The topological polar surface area (TPSA) is 95.6 Å². The van der Waals surface area contributed by atoms with Crippen LogP contribution in [-0.4, -0.2) is 66.0 Å². The first-order valence-electron chi connectivity index (χ1n) is 9.22. The maximum atomic E-state index is 13.0. The normalized spacial score (nSPS) is 15.9. The van der Waals surface area contributed by atoms with Gasteiger partial charge in [0, 0.05) is 49.5 Å². The van der Waals surface area contributed by atoms with Crippen LogP contribution in [0.1, 0.15) is 10.4 Å². The van der Waals surface area contributed by atoms with E-state index in [9.17, 15) is 26.4 Å². The summed E-state index contributed by atoms with van der Waals surface area (Å²) in [7, 11) is -3.78. The summed E-state index contributed by atoms with van der Waals surface area (Å²) in [5.41, 5.74) is 0.654. The fourth-order valence-electron chi connectivity index (χ4n) is 3.40. The van der Waals surface area contributed by atoms with Crippen LogP contribution in [0.2, 0.25) is 0 Å². The number of rotatable bonds is 4. The molecule has 0 bridgehead atoms. The van der Waals surface area contributed by atoms with Crippen LogP contribution >= 0.6 is 0 Å². The molecule has 0 spiro atoms. The third-order valence-corrected chi connectivity index (χ3v) is 6.83. The summed E-state index contributed by atoms with van der Waals surface area (Å²) in [4.78, 5) is 21.2. The Balaban J connectivity index is 1.43. The van der Waals surface area contributed by atoms with Crippen LogP contribution in [0.4, 0.5) is 13.2 Å². The number of carbonyl (C=O) groups excluding carboxylic acids is 1. The number of amides is 1. The van der Waals surface area contributed by atoms with Gasteiger partial charge in [-0.25, -0.2) is 13.4 Å². The number of nitrogens with one attached hydrogen (secondary N) is 1. The van der Waals surface area contributed by atoms with Gasteiger partial charge in [0.05, 0.1) is 0 Å².